The lowest BCUT2D eigenvalue weighted by atomic mass is 10.0. The van der Waals surface area contributed by atoms with Gasteiger partial charge in [0.15, 0.2) is 5.58 Å². The molecule has 3 N–H and O–H groups in total. The Bertz CT molecular complexity index is 1640. The van der Waals surface area contributed by atoms with Crippen LogP contribution in [-0.2, 0) is 4.79 Å². The molecule has 2 amide bonds. The summed E-state index contributed by atoms with van der Waals surface area (Å²) in [5, 5.41) is 8.27. The summed E-state index contributed by atoms with van der Waals surface area (Å²) in [6.07, 6.45) is 4.84. The molecule has 0 spiro atoms. The van der Waals surface area contributed by atoms with Gasteiger partial charge >= 0.3 is 0 Å². The maximum absolute atomic E-state index is 13.8. The number of likely N-dealkylation sites (tertiary alicyclic amines) is 1. The average molecular weight is 550 g/mol. The van der Waals surface area contributed by atoms with Crippen LogP contribution in [0.1, 0.15) is 47.8 Å². The van der Waals surface area contributed by atoms with Crippen LogP contribution in [0.5, 0.6) is 0 Å². The van der Waals surface area contributed by atoms with Gasteiger partial charge in [0.05, 0.1) is 6.04 Å². The van der Waals surface area contributed by atoms with Crippen molar-refractivity contribution in [2.45, 2.75) is 43.8 Å². The van der Waals surface area contributed by atoms with Crippen LogP contribution in [-0.4, -0.2) is 69.1 Å². The Labute approximate surface area is 237 Å². The minimum Gasteiger partial charge on any atom is -0.436 e. The molecular formula is C31H31N7O3. The van der Waals surface area contributed by atoms with Crippen molar-refractivity contribution >= 4 is 34.4 Å². The first kappa shape index (κ1) is 25.4. The van der Waals surface area contributed by atoms with Gasteiger partial charge in [0, 0.05) is 55.6 Å². The van der Waals surface area contributed by atoms with Gasteiger partial charge in [0.1, 0.15) is 17.0 Å². The van der Waals surface area contributed by atoms with Crippen molar-refractivity contribution in [1.29, 1.82) is 5.41 Å². The number of fused-ring (bicyclic) bond motifs is 3. The predicted octanol–water partition coefficient (Wildman–Crippen LogP) is 3.98. The molecular weight excluding hydrogens is 518 g/mol. The first-order chi connectivity index (χ1) is 20.0. The van der Waals surface area contributed by atoms with E-state index in [-0.39, 0.29) is 35.8 Å². The third kappa shape index (κ3) is 4.54. The maximum atomic E-state index is 13.8. The fourth-order valence-corrected chi connectivity index (χ4v) is 6.64. The number of oxazole rings is 1. The molecule has 3 saturated heterocycles. The van der Waals surface area contributed by atoms with Crippen molar-refractivity contribution in [2.75, 3.05) is 24.5 Å². The van der Waals surface area contributed by atoms with Gasteiger partial charge < -0.3 is 20.0 Å². The molecule has 41 heavy (non-hydrogen) atoms. The molecule has 2 bridgehead atoms. The maximum Gasteiger partial charge on any atom is 0.273 e. The van der Waals surface area contributed by atoms with E-state index in [1.807, 2.05) is 53.4 Å². The highest BCUT2D eigenvalue weighted by Gasteiger charge is 2.45. The van der Waals surface area contributed by atoms with E-state index in [9.17, 15) is 9.59 Å². The zero-order valence-electron chi connectivity index (χ0n) is 22.6. The van der Waals surface area contributed by atoms with Crippen LogP contribution >= 0.6 is 0 Å². The van der Waals surface area contributed by atoms with Gasteiger partial charge in [0.2, 0.25) is 11.8 Å². The number of carbonyl (C=O) groups is 2. The summed E-state index contributed by atoms with van der Waals surface area (Å²) in [5.41, 5.74) is 10.2. The summed E-state index contributed by atoms with van der Waals surface area (Å²) < 4.78 is 6.03. The third-order valence-electron chi connectivity index (χ3n) is 8.50. The standard InChI is InChI=1S/C31H31N7O3/c32-29(33)28(19-5-2-1-3-6-19)36-17-22-8-9-23(18-36)38(22)31(40)25-15-20(12-13-34-25)30-35-24-16-21(10-11-26(24)41-30)37-14-4-7-27(37)39/h1-3,5-6,10-13,15-16,22-23,28H,4,7-9,14,17-18H2,(H3,32,33). The largest absolute Gasteiger partial charge is 0.436 e. The van der Waals surface area contributed by atoms with Crippen molar-refractivity contribution in [2.24, 2.45) is 5.73 Å². The second-order valence-corrected chi connectivity index (χ2v) is 11.1. The zero-order valence-corrected chi connectivity index (χ0v) is 22.6. The topological polar surface area (TPSA) is 133 Å². The number of aromatic nitrogens is 2. The van der Waals surface area contributed by atoms with E-state index in [1.54, 1.807) is 23.2 Å². The minimum atomic E-state index is -0.304. The first-order valence-corrected chi connectivity index (χ1v) is 14.1. The Morgan fingerprint density at radius 2 is 1.83 bits per heavy atom. The Morgan fingerprint density at radius 3 is 2.54 bits per heavy atom. The lowest BCUT2D eigenvalue weighted by Gasteiger charge is -2.44. The summed E-state index contributed by atoms with van der Waals surface area (Å²) in [6, 6.07) is 18.7. The number of carbonyl (C=O) groups excluding carboxylic acids is 2. The summed E-state index contributed by atoms with van der Waals surface area (Å²) in [4.78, 5) is 41.1. The van der Waals surface area contributed by atoms with E-state index in [4.69, 9.17) is 15.6 Å². The zero-order chi connectivity index (χ0) is 28.1. The first-order valence-electron chi connectivity index (χ1n) is 14.1. The van der Waals surface area contributed by atoms with E-state index in [0.29, 0.717) is 54.3 Å². The normalized spacial score (nSPS) is 21.5. The molecule has 4 aromatic rings. The highest BCUT2D eigenvalue weighted by Crippen LogP contribution is 2.36. The monoisotopic (exact) mass is 549 g/mol. The molecule has 3 aliphatic rings. The van der Waals surface area contributed by atoms with Crippen LogP contribution in [0.4, 0.5) is 5.69 Å². The smallest absolute Gasteiger partial charge is 0.273 e. The number of pyridine rings is 1. The highest BCUT2D eigenvalue weighted by molar-refractivity contribution is 5.97. The molecule has 3 unspecified atom stereocenters. The van der Waals surface area contributed by atoms with Crippen LogP contribution in [0.2, 0.25) is 0 Å². The number of nitrogens with one attached hydrogen (secondary N) is 1. The lowest BCUT2D eigenvalue weighted by molar-refractivity contribution is -0.117. The number of hydrogen-bond acceptors (Lipinski definition) is 7. The Balaban J connectivity index is 1.12. The summed E-state index contributed by atoms with van der Waals surface area (Å²) in [5.74, 6) is 0.532. The molecule has 3 fully saturated rings. The van der Waals surface area contributed by atoms with Crippen LogP contribution < -0.4 is 10.6 Å². The molecule has 2 aromatic carbocycles. The number of nitrogens with two attached hydrogens (primary N) is 1. The second kappa shape index (κ2) is 10.1. The van der Waals surface area contributed by atoms with E-state index >= 15 is 0 Å². The number of amides is 2. The quantitative estimate of drug-likeness (QED) is 0.275. The van der Waals surface area contributed by atoms with E-state index in [2.05, 4.69) is 14.9 Å². The predicted molar refractivity (Wildman–Crippen MR) is 154 cm³/mol. The molecule has 10 heteroatoms. The van der Waals surface area contributed by atoms with Gasteiger partial charge in [-0.05, 0) is 55.2 Å². The third-order valence-corrected chi connectivity index (χ3v) is 8.50. The van der Waals surface area contributed by atoms with E-state index < -0.39 is 0 Å². The van der Waals surface area contributed by atoms with Crippen molar-refractivity contribution < 1.29 is 14.0 Å². The van der Waals surface area contributed by atoms with E-state index in [1.165, 1.54) is 0 Å². The second-order valence-electron chi connectivity index (χ2n) is 11.1. The molecule has 5 heterocycles. The molecule has 208 valence electrons. The molecule has 3 atom stereocenters. The molecule has 0 saturated carbocycles. The molecule has 0 aliphatic carbocycles. The van der Waals surface area contributed by atoms with Gasteiger partial charge in [-0.3, -0.25) is 24.9 Å². The average Bonchev–Trinajstić information content (AvgIpc) is 3.68. The summed E-state index contributed by atoms with van der Waals surface area (Å²) in [7, 11) is 0. The van der Waals surface area contributed by atoms with Crippen LogP contribution in [0.15, 0.2) is 71.3 Å². The molecule has 3 aliphatic heterocycles. The van der Waals surface area contributed by atoms with Gasteiger partial charge in [-0.1, -0.05) is 30.3 Å². The molecule has 7 rings (SSSR count). The van der Waals surface area contributed by atoms with Crippen molar-refractivity contribution in [3.8, 4) is 11.5 Å². The van der Waals surface area contributed by atoms with Crippen LogP contribution in [0.3, 0.4) is 0 Å². The fourth-order valence-electron chi connectivity index (χ4n) is 6.64. The number of anilines is 1. The SMILES string of the molecule is N=C(N)C(c1ccccc1)N1CC2CCC(C1)N2C(=O)c1cc(-c2nc3cc(N4CCCC4=O)ccc3o2)ccn1. The molecule has 0 radical (unpaired) electrons. The lowest BCUT2D eigenvalue weighted by Crippen LogP contribution is -2.57. The number of benzene rings is 2. The molecule has 10 nitrogen and oxygen atoms in total. The van der Waals surface area contributed by atoms with Crippen molar-refractivity contribution in [3.05, 3.63) is 78.1 Å². The van der Waals surface area contributed by atoms with Crippen LogP contribution in [0, 0.1) is 5.41 Å². The van der Waals surface area contributed by atoms with Gasteiger partial charge in [-0.15, -0.1) is 0 Å². The van der Waals surface area contributed by atoms with Crippen molar-refractivity contribution in [1.82, 2.24) is 19.8 Å². The summed E-state index contributed by atoms with van der Waals surface area (Å²) in [6.45, 7) is 2.00. The fraction of sp³-hybridized carbons (Fsp3) is 0.323. The number of piperazine rings is 1. The number of rotatable bonds is 6. The Kier molecular flexibility index (Phi) is 6.27. The number of amidine groups is 1. The van der Waals surface area contributed by atoms with Gasteiger partial charge in [-0.2, -0.15) is 0 Å². The van der Waals surface area contributed by atoms with Crippen molar-refractivity contribution in [3.63, 3.8) is 0 Å². The van der Waals surface area contributed by atoms with Gasteiger partial charge in [0.25, 0.3) is 5.91 Å². The van der Waals surface area contributed by atoms with Crippen LogP contribution in [0.25, 0.3) is 22.6 Å². The van der Waals surface area contributed by atoms with Gasteiger partial charge in [-0.25, -0.2) is 4.98 Å². The minimum absolute atomic E-state index is 0.0216. The highest BCUT2D eigenvalue weighted by atomic mass is 16.3. The molecule has 2 aromatic heterocycles. The number of hydrogen-bond donors (Lipinski definition) is 2. The Morgan fingerprint density at radius 1 is 1.05 bits per heavy atom. The number of nitrogens with zero attached hydrogens (tertiary/aromatic N) is 5. The summed E-state index contributed by atoms with van der Waals surface area (Å²) >= 11 is 0. The Hall–Kier alpha value is -4.57. The van der Waals surface area contributed by atoms with E-state index in [0.717, 1.165) is 30.5 Å².